The van der Waals surface area contributed by atoms with Crippen LogP contribution in [0.4, 0.5) is 17.3 Å². The zero-order valence-electron chi connectivity index (χ0n) is 16.5. The Bertz CT molecular complexity index is 969. The Morgan fingerprint density at radius 1 is 1.00 bits per heavy atom. The van der Waals surface area contributed by atoms with Gasteiger partial charge in [-0.3, -0.25) is 4.79 Å². The molecule has 6 nitrogen and oxygen atoms in total. The Labute approximate surface area is 165 Å². The molecule has 0 fully saturated rings. The second kappa shape index (κ2) is 8.52. The largest absolute Gasteiger partial charge is 0.489 e. The van der Waals surface area contributed by atoms with Gasteiger partial charge in [-0.05, 0) is 57.0 Å². The molecule has 0 unspecified atom stereocenters. The monoisotopic (exact) mass is 376 g/mol. The highest BCUT2D eigenvalue weighted by molar-refractivity contribution is 6.04. The van der Waals surface area contributed by atoms with E-state index in [0.29, 0.717) is 11.5 Å². The summed E-state index contributed by atoms with van der Waals surface area (Å²) in [6.07, 6.45) is 3.06. The predicted molar refractivity (Wildman–Crippen MR) is 111 cm³/mol. The Hall–Kier alpha value is -3.41. The summed E-state index contributed by atoms with van der Waals surface area (Å²) < 4.78 is 5.78. The summed E-state index contributed by atoms with van der Waals surface area (Å²) in [5, 5.41) is 6.04. The van der Waals surface area contributed by atoms with E-state index in [9.17, 15) is 4.79 Å². The van der Waals surface area contributed by atoms with Gasteiger partial charge in [0.15, 0.2) is 0 Å². The molecule has 1 heterocycles. The fraction of sp³-hybridized carbons (Fsp3) is 0.227. The van der Waals surface area contributed by atoms with Gasteiger partial charge in [-0.15, -0.1) is 0 Å². The van der Waals surface area contributed by atoms with Crippen LogP contribution in [0.5, 0.6) is 5.75 Å². The normalized spacial score (nSPS) is 10.6. The summed E-state index contributed by atoms with van der Waals surface area (Å²) in [4.78, 5) is 21.0. The standard InChI is InChI=1S/C22H24N4O2/c1-14(2)28-20-8-6-5-7-18(20)26-22-23-12-17(13-24-22)21(27)25-19-11-15(3)9-10-16(19)4/h5-14H,1-4H3,(H,25,27)(H,23,24,26). The zero-order valence-corrected chi connectivity index (χ0v) is 16.5. The number of hydrogen-bond acceptors (Lipinski definition) is 5. The lowest BCUT2D eigenvalue weighted by Gasteiger charge is -2.14. The van der Waals surface area contributed by atoms with Crippen molar-refractivity contribution in [2.24, 2.45) is 0 Å². The lowest BCUT2D eigenvalue weighted by atomic mass is 10.1. The predicted octanol–water partition coefficient (Wildman–Crippen LogP) is 4.88. The molecule has 1 aromatic heterocycles. The second-order valence-electron chi connectivity index (χ2n) is 6.86. The first kappa shape index (κ1) is 19.4. The molecule has 0 spiro atoms. The van der Waals surface area contributed by atoms with E-state index >= 15 is 0 Å². The van der Waals surface area contributed by atoms with Crippen molar-refractivity contribution in [3.63, 3.8) is 0 Å². The molecule has 0 aliphatic carbocycles. The molecule has 28 heavy (non-hydrogen) atoms. The van der Waals surface area contributed by atoms with Crippen LogP contribution in [0.15, 0.2) is 54.9 Å². The third-order valence-corrected chi connectivity index (χ3v) is 4.05. The molecule has 0 saturated carbocycles. The number of hydrogen-bond donors (Lipinski definition) is 2. The summed E-state index contributed by atoms with van der Waals surface area (Å²) in [6.45, 7) is 7.88. The van der Waals surface area contributed by atoms with Crippen molar-refractivity contribution in [1.82, 2.24) is 9.97 Å². The van der Waals surface area contributed by atoms with Gasteiger partial charge in [-0.2, -0.15) is 0 Å². The molecule has 2 N–H and O–H groups in total. The number of aryl methyl sites for hydroxylation is 2. The molecule has 1 amide bonds. The SMILES string of the molecule is Cc1ccc(C)c(NC(=O)c2cnc(Nc3ccccc3OC(C)C)nc2)c1. The summed E-state index contributed by atoms with van der Waals surface area (Å²) in [6, 6.07) is 13.5. The molecule has 6 heteroatoms. The fourth-order valence-corrected chi connectivity index (χ4v) is 2.62. The maximum atomic E-state index is 12.5. The van der Waals surface area contributed by atoms with E-state index in [-0.39, 0.29) is 12.0 Å². The molecule has 0 aliphatic heterocycles. The lowest BCUT2D eigenvalue weighted by Crippen LogP contribution is -2.14. The number of nitrogens with zero attached hydrogens (tertiary/aromatic N) is 2. The van der Waals surface area contributed by atoms with Crippen molar-refractivity contribution in [2.45, 2.75) is 33.8 Å². The van der Waals surface area contributed by atoms with E-state index < -0.39 is 0 Å². The van der Waals surface area contributed by atoms with Crippen molar-refractivity contribution in [3.8, 4) is 5.75 Å². The highest BCUT2D eigenvalue weighted by atomic mass is 16.5. The van der Waals surface area contributed by atoms with Crippen molar-refractivity contribution in [1.29, 1.82) is 0 Å². The first-order valence-corrected chi connectivity index (χ1v) is 9.15. The average molecular weight is 376 g/mol. The Morgan fingerprint density at radius 2 is 1.71 bits per heavy atom. The average Bonchev–Trinajstić information content (AvgIpc) is 2.66. The third-order valence-electron chi connectivity index (χ3n) is 4.05. The minimum absolute atomic E-state index is 0.0556. The van der Waals surface area contributed by atoms with Gasteiger partial charge in [0.05, 0.1) is 17.4 Å². The number of carbonyl (C=O) groups excluding carboxylic acids is 1. The van der Waals surface area contributed by atoms with Gasteiger partial charge in [-0.1, -0.05) is 24.3 Å². The number of carbonyl (C=O) groups is 1. The van der Waals surface area contributed by atoms with Gasteiger partial charge < -0.3 is 15.4 Å². The molecular formula is C22H24N4O2. The molecular weight excluding hydrogens is 352 g/mol. The van der Waals surface area contributed by atoms with E-state index in [4.69, 9.17) is 4.74 Å². The fourth-order valence-electron chi connectivity index (χ4n) is 2.62. The molecule has 3 rings (SSSR count). The Morgan fingerprint density at radius 3 is 2.43 bits per heavy atom. The number of amides is 1. The summed E-state index contributed by atoms with van der Waals surface area (Å²) in [5.41, 5.74) is 4.02. The topological polar surface area (TPSA) is 76.1 Å². The zero-order chi connectivity index (χ0) is 20.1. The first-order chi connectivity index (χ1) is 13.4. The van der Waals surface area contributed by atoms with E-state index in [0.717, 1.165) is 28.3 Å². The van der Waals surface area contributed by atoms with Crippen LogP contribution in [0.25, 0.3) is 0 Å². The maximum Gasteiger partial charge on any atom is 0.258 e. The van der Waals surface area contributed by atoms with E-state index in [1.807, 2.05) is 70.2 Å². The number of nitrogens with one attached hydrogen (secondary N) is 2. The van der Waals surface area contributed by atoms with Crippen LogP contribution in [0.2, 0.25) is 0 Å². The van der Waals surface area contributed by atoms with Crippen LogP contribution in [0, 0.1) is 13.8 Å². The summed E-state index contributed by atoms with van der Waals surface area (Å²) in [7, 11) is 0. The molecule has 0 radical (unpaired) electrons. The van der Waals surface area contributed by atoms with Crippen LogP contribution in [-0.4, -0.2) is 22.0 Å². The highest BCUT2D eigenvalue weighted by Crippen LogP contribution is 2.27. The molecule has 0 aliphatic rings. The number of ether oxygens (including phenoxy) is 1. The minimum atomic E-state index is -0.246. The Kier molecular flexibility index (Phi) is 5.89. The van der Waals surface area contributed by atoms with Gasteiger partial charge in [0.2, 0.25) is 5.95 Å². The third kappa shape index (κ3) is 4.85. The molecule has 144 valence electrons. The van der Waals surface area contributed by atoms with E-state index in [2.05, 4.69) is 20.6 Å². The number of aromatic nitrogens is 2. The van der Waals surface area contributed by atoms with Gasteiger partial charge in [0, 0.05) is 18.1 Å². The van der Waals surface area contributed by atoms with Crippen molar-refractivity contribution in [3.05, 3.63) is 71.5 Å². The number of rotatable bonds is 6. The smallest absolute Gasteiger partial charge is 0.258 e. The van der Waals surface area contributed by atoms with Crippen molar-refractivity contribution >= 4 is 23.2 Å². The van der Waals surface area contributed by atoms with Crippen LogP contribution in [-0.2, 0) is 0 Å². The van der Waals surface area contributed by atoms with Crippen LogP contribution >= 0.6 is 0 Å². The quantitative estimate of drug-likeness (QED) is 0.641. The van der Waals surface area contributed by atoms with Gasteiger partial charge in [0.25, 0.3) is 5.91 Å². The molecule has 3 aromatic rings. The summed E-state index contributed by atoms with van der Waals surface area (Å²) >= 11 is 0. The molecule has 0 saturated heterocycles. The second-order valence-corrected chi connectivity index (χ2v) is 6.86. The number of para-hydroxylation sites is 2. The minimum Gasteiger partial charge on any atom is -0.489 e. The first-order valence-electron chi connectivity index (χ1n) is 9.15. The van der Waals surface area contributed by atoms with Crippen LogP contribution < -0.4 is 15.4 Å². The van der Waals surface area contributed by atoms with Gasteiger partial charge >= 0.3 is 0 Å². The van der Waals surface area contributed by atoms with Crippen molar-refractivity contribution in [2.75, 3.05) is 10.6 Å². The Balaban J connectivity index is 1.72. The highest BCUT2D eigenvalue weighted by Gasteiger charge is 2.11. The number of anilines is 3. The van der Waals surface area contributed by atoms with Crippen molar-refractivity contribution < 1.29 is 9.53 Å². The van der Waals surface area contributed by atoms with Gasteiger partial charge in [-0.25, -0.2) is 9.97 Å². The lowest BCUT2D eigenvalue weighted by molar-refractivity contribution is 0.102. The van der Waals surface area contributed by atoms with Crippen LogP contribution in [0.1, 0.15) is 35.3 Å². The maximum absolute atomic E-state index is 12.5. The molecule has 0 bridgehead atoms. The number of benzene rings is 2. The molecule has 0 atom stereocenters. The van der Waals surface area contributed by atoms with Gasteiger partial charge in [0.1, 0.15) is 5.75 Å². The van der Waals surface area contributed by atoms with E-state index in [1.165, 1.54) is 12.4 Å². The summed E-state index contributed by atoms with van der Waals surface area (Å²) in [5.74, 6) is 0.865. The van der Waals surface area contributed by atoms with E-state index in [1.54, 1.807) is 0 Å². The molecule has 2 aromatic carbocycles. The van der Waals surface area contributed by atoms with Crippen LogP contribution in [0.3, 0.4) is 0 Å².